The van der Waals surface area contributed by atoms with Crippen molar-refractivity contribution in [1.82, 2.24) is 5.32 Å². The Labute approximate surface area is 137 Å². The summed E-state index contributed by atoms with van der Waals surface area (Å²) in [5, 5.41) is 12.3. The molecule has 0 saturated heterocycles. The molecule has 1 aromatic heterocycles. The minimum atomic E-state index is -0.780. The lowest BCUT2D eigenvalue weighted by Crippen LogP contribution is -2.19. The number of nitrogens with one attached hydrogen (secondary N) is 1. The molecule has 2 rings (SSSR count). The molecule has 0 radical (unpaired) electrons. The van der Waals surface area contributed by atoms with Gasteiger partial charge in [-0.2, -0.15) is 0 Å². The molecular weight excluding hydrogens is 350 g/mol. The van der Waals surface area contributed by atoms with Gasteiger partial charge in [0.2, 0.25) is 0 Å². The molecule has 0 aliphatic rings. The predicted molar refractivity (Wildman–Crippen MR) is 89.7 cm³/mol. The first-order chi connectivity index (χ1) is 10.1. The first-order valence-electron chi connectivity index (χ1n) is 6.86. The Hall–Kier alpha value is -1.17. The second-order valence-corrected chi connectivity index (χ2v) is 7.00. The Balaban J connectivity index is 1.95. The van der Waals surface area contributed by atoms with Crippen LogP contribution in [0.4, 0.5) is 0 Å². The van der Waals surface area contributed by atoms with Gasteiger partial charge in [0.25, 0.3) is 0 Å². The minimum absolute atomic E-state index is 0.106. The van der Waals surface area contributed by atoms with Crippen LogP contribution in [-0.4, -0.2) is 11.1 Å². The van der Waals surface area contributed by atoms with Crippen molar-refractivity contribution in [1.29, 1.82) is 0 Å². The molecule has 112 valence electrons. The lowest BCUT2D eigenvalue weighted by Gasteiger charge is -2.17. The van der Waals surface area contributed by atoms with Gasteiger partial charge < -0.3 is 10.4 Å². The van der Waals surface area contributed by atoms with Gasteiger partial charge in [-0.1, -0.05) is 35.0 Å². The SMILES string of the molecule is CCC(NCc1ccc(CC(=O)O)s1)c1ccc(Br)cc1. The van der Waals surface area contributed by atoms with E-state index in [0.29, 0.717) is 6.04 Å². The van der Waals surface area contributed by atoms with E-state index in [1.54, 1.807) is 11.3 Å². The third kappa shape index (κ3) is 4.95. The number of benzene rings is 1. The van der Waals surface area contributed by atoms with E-state index in [1.807, 2.05) is 12.1 Å². The van der Waals surface area contributed by atoms with Gasteiger partial charge in [0.05, 0.1) is 6.42 Å². The summed E-state index contributed by atoms with van der Waals surface area (Å²) in [5.41, 5.74) is 1.27. The van der Waals surface area contributed by atoms with Crippen LogP contribution >= 0.6 is 27.3 Å². The quantitative estimate of drug-likeness (QED) is 0.763. The molecule has 0 bridgehead atoms. The van der Waals surface area contributed by atoms with Gasteiger partial charge in [0, 0.05) is 26.8 Å². The molecule has 2 N–H and O–H groups in total. The summed E-state index contributed by atoms with van der Waals surface area (Å²) in [7, 11) is 0. The van der Waals surface area contributed by atoms with Crippen molar-refractivity contribution in [2.24, 2.45) is 0 Å². The minimum Gasteiger partial charge on any atom is -0.481 e. The van der Waals surface area contributed by atoms with Crippen LogP contribution in [0, 0.1) is 0 Å². The number of aliphatic carboxylic acids is 1. The number of halogens is 1. The lowest BCUT2D eigenvalue weighted by atomic mass is 10.0. The molecular formula is C16H18BrNO2S. The molecule has 3 nitrogen and oxygen atoms in total. The van der Waals surface area contributed by atoms with Crippen molar-refractivity contribution in [2.45, 2.75) is 32.4 Å². The van der Waals surface area contributed by atoms with Crippen LogP contribution in [0.5, 0.6) is 0 Å². The fourth-order valence-corrected chi connectivity index (χ4v) is 3.40. The van der Waals surface area contributed by atoms with Crippen LogP contribution in [0.15, 0.2) is 40.9 Å². The van der Waals surface area contributed by atoms with Crippen molar-refractivity contribution in [3.63, 3.8) is 0 Å². The zero-order chi connectivity index (χ0) is 15.2. The Morgan fingerprint density at radius 1 is 1.24 bits per heavy atom. The number of carboxylic acids is 1. The summed E-state index contributed by atoms with van der Waals surface area (Å²) in [4.78, 5) is 12.8. The zero-order valence-corrected chi connectivity index (χ0v) is 14.2. The van der Waals surface area contributed by atoms with Crippen molar-refractivity contribution in [2.75, 3.05) is 0 Å². The van der Waals surface area contributed by atoms with Gasteiger partial charge in [-0.05, 0) is 36.2 Å². The van der Waals surface area contributed by atoms with Crippen LogP contribution in [0.25, 0.3) is 0 Å². The molecule has 5 heteroatoms. The number of hydrogen-bond acceptors (Lipinski definition) is 3. The maximum absolute atomic E-state index is 10.7. The number of rotatable bonds is 7. The standard InChI is InChI=1S/C16H18BrNO2S/c1-2-15(11-3-5-12(17)6-4-11)18-10-14-8-7-13(21-14)9-16(19)20/h3-8,15,18H,2,9-10H2,1H3,(H,19,20). The molecule has 0 aliphatic heterocycles. The number of thiophene rings is 1. The molecule has 1 unspecified atom stereocenters. The summed E-state index contributed by atoms with van der Waals surface area (Å²) in [6, 6.07) is 12.6. The van der Waals surface area contributed by atoms with E-state index in [4.69, 9.17) is 5.11 Å². The Kier molecular flexibility index (Phi) is 5.96. The van der Waals surface area contributed by atoms with E-state index in [9.17, 15) is 4.79 Å². The van der Waals surface area contributed by atoms with E-state index in [0.717, 1.165) is 22.3 Å². The van der Waals surface area contributed by atoms with Gasteiger partial charge in [0.15, 0.2) is 0 Å². The van der Waals surface area contributed by atoms with E-state index in [-0.39, 0.29) is 6.42 Å². The van der Waals surface area contributed by atoms with Crippen LogP contribution in [0.3, 0.4) is 0 Å². The first-order valence-corrected chi connectivity index (χ1v) is 8.47. The zero-order valence-electron chi connectivity index (χ0n) is 11.8. The molecule has 0 amide bonds. The highest BCUT2D eigenvalue weighted by Crippen LogP contribution is 2.22. The molecule has 0 aliphatic carbocycles. The molecule has 0 fully saturated rings. The van der Waals surface area contributed by atoms with Crippen LogP contribution in [-0.2, 0) is 17.8 Å². The van der Waals surface area contributed by atoms with E-state index >= 15 is 0 Å². The highest BCUT2D eigenvalue weighted by molar-refractivity contribution is 9.10. The number of carbonyl (C=O) groups is 1. The normalized spacial score (nSPS) is 12.3. The van der Waals surface area contributed by atoms with Gasteiger partial charge in [-0.15, -0.1) is 11.3 Å². The predicted octanol–water partition coefficient (Wildman–Crippen LogP) is 4.38. The first kappa shape index (κ1) is 16.2. The molecule has 2 aromatic rings. The van der Waals surface area contributed by atoms with E-state index < -0.39 is 5.97 Å². The molecule has 0 spiro atoms. The van der Waals surface area contributed by atoms with Crippen molar-refractivity contribution < 1.29 is 9.90 Å². The Morgan fingerprint density at radius 2 is 1.90 bits per heavy atom. The van der Waals surface area contributed by atoms with Gasteiger partial charge >= 0.3 is 5.97 Å². The summed E-state index contributed by atoms with van der Waals surface area (Å²) >= 11 is 5.01. The highest BCUT2D eigenvalue weighted by atomic mass is 79.9. The van der Waals surface area contributed by atoms with Crippen LogP contribution < -0.4 is 5.32 Å². The van der Waals surface area contributed by atoms with Crippen molar-refractivity contribution in [3.05, 3.63) is 56.2 Å². The van der Waals surface area contributed by atoms with E-state index in [1.165, 1.54) is 10.4 Å². The van der Waals surface area contributed by atoms with Gasteiger partial charge in [0.1, 0.15) is 0 Å². The van der Waals surface area contributed by atoms with Crippen LogP contribution in [0.2, 0.25) is 0 Å². The lowest BCUT2D eigenvalue weighted by molar-refractivity contribution is -0.136. The Morgan fingerprint density at radius 3 is 2.52 bits per heavy atom. The maximum atomic E-state index is 10.7. The van der Waals surface area contributed by atoms with Gasteiger partial charge in [-0.25, -0.2) is 0 Å². The average molecular weight is 368 g/mol. The summed E-state index contributed by atoms with van der Waals surface area (Å²) < 4.78 is 1.08. The summed E-state index contributed by atoms with van der Waals surface area (Å²) in [6.07, 6.45) is 1.11. The molecule has 1 aromatic carbocycles. The van der Waals surface area contributed by atoms with Crippen molar-refractivity contribution >= 4 is 33.2 Å². The fourth-order valence-electron chi connectivity index (χ4n) is 2.18. The monoisotopic (exact) mass is 367 g/mol. The second kappa shape index (κ2) is 7.73. The van der Waals surface area contributed by atoms with Crippen LogP contribution in [0.1, 0.15) is 34.7 Å². The molecule has 1 atom stereocenters. The number of hydrogen-bond donors (Lipinski definition) is 2. The third-order valence-electron chi connectivity index (χ3n) is 3.25. The van der Waals surface area contributed by atoms with Crippen molar-refractivity contribution in [3.8, 4) is 0 Å². The second-order valence-electron chi connectivity index (χ2n) is 4.83. The Bertz CT molecular complexity index is 595. The highest BCUT2D eigenvalue weighted by Gasteiger charge is 2.10. The largest absolute Gasteiger partial charge is 0.481 e. The number of carboxylic acid groups (broad SMARTS) is 1. The molecule has 0 saturated carbocycles. The fraction of sp³-hybridized carbons (Fsp3) is 0.312. The molecule has 1 heterocycles. The van der Waals surface area contributed by atoms with Gasteiger partial charge in [-0.3, -0.25) is 4.79 Å². The third-order valence-corrected chi connectivity index (χ3v) is 4.86. The smallest absolute Gasteiger partial charge is 0.308 e. The average Bonchev–Trinajstić information content (AvgIpc) is 2.88. The van der Waals surface area contributed by atoms with E-state index in [2.05, 4.69) is 52.4 Å². The summed E-state index contributed by atoms with van der Waals surface area (Å²) in [6.45, 7) is 2.92. The summed E-state index contributed by atoms with van der Waals surface area (Å²) in [5.74, 6) is -0.780. The maximum Gasteiger partial charge on any atom is 0.308 e. The molecule has 21 heavy (non-hydrogen) atoms. The topological polar surface area (TPSA) is 49.3 Å².